The summed E-state index contributed by atoms with van der Waals surface area (Å²) in [5.74, 6) is 2.02. The van der Waals surface area contributed by atoms with Crippen molar-refractivity contribution < 1.29 is 4.52 Å². The Bertz CT molecular complexity index is 597. The van der Waals surface area contributed by atoms with E-state index in [4.69, 9.17) is 4.52 Å². The number of hydrogen-bond acceptors (Lipinski definition) is 6. The summed E-state index contributed by atoms with van der Waals surface area (Å²) in [5.41, 5.74) is 0. The van der Waals surface area contributed by atoms with E-state index >= 15 is 0 Å². The summed E-state index contributed by atoms with van der Waals surface area (Å²) in [5, 5.41) is 11.3. The fraction of sp³-hybridized carbons (Fsp3) is 0.538. The molecule has 0 bridgehead atoms. The molecule has 7 nitrogen and oxygen atoms in total. The van der Waals surface area contributed by atoms with Gasteiger partial charge in [-0.3, -0.25) is 4.99 Å². The van der Waals surface area contributed by atoms with E-state index in [0.717, 1.165) is 17.4 Å². The van der Waals surface area contributed by atoms with Crippen LogP contribution in [0.15, 0.2) is 15.7 Å². The van der Waals surface area contributed by atoms with Crippen LogP contribution in [0.1, 0.15) is 28.5 Å². The van der Waals surface area contributed by atoms with Crippen LogP contribution in [0.2, 0.25) is 0 Å². The van der Waals surface area contributed by atoms with Crippen LogP contribution in [0.4, 0.5) is 0 Å². The van der Waals surface area contributed by atoms with Crippen LogP contribution in [0, 0.1) is 6.92 Å². The normalized spacial score (nSPS) is 11.1. The van der Waals surface area contributed by atoms with Gasteiger partial charge < -0.3 is 15.2 Å². The summed E-state index contributed by atoms with van der Waals surface area (Å²) in [6, 6.07) is 0. The van der Waals surface area contributed by atoms with Crippen molar-refractivity contribution in [3.05, 3.63) is 27.8 Å². The van der Waals surface area contributed by atoms with Crippen LogP contribution in [0.25, 0.3) is 0 Å². The van der Waals surface area contributed by atoms with Crippen molar-refractivity contribution in [3.8, 4) is 0 Å². The zero-order valence-electron chi connectivity index (χ0n) is 12.9. The van der Waals surface area contributed by atoms with E-state index in [1.54, 1.807) is 25.3 Å². The van der Waals surface area contributed by atoms with E-state index < -0.39 is 0 Å². The molecule has 0 spiro atoms. The fourth-order valence-electron chi connectivity index (χ4n) is 1.70. The Balaban J connectivity index is 0.00000242. The molecule has 0 aliphatic rings. The monoisotopic (exact) mass is 436 g/mol. The number of aromatic nitrogens is 3. The number of rotatable bonds is 6. The summed E-state index contributed by atoms with van der Waals surface area (Å²) < 4.78 is 5.05. The molecule has 0 unspecified atom stereocenters. The minimum Gasteiger partial charge on any atom is -0.356 e. The van der Waals surface area contributed by atoms with E-state index in [0.29, 0.717) is 31.2 Å². The molecule has 0 radical (unpaired) electrons. The van der Waals surface area contributed by atoms with Crippen LogP contribution >= 0.6 is 35.3 Å². The lowest BCUT2D eigenvalue weighted by Gasteiger charge is -2.09. The molecule has 0 fully saturated rings. The highest BCUT2D eigenvalue weighted by Crippen LogP contribution is 2.12. The predicted molar refractivity (Wildman–Crippen MR) is 97.8 cm³/mol. The van der Waals surface area contributed by atoms with Gasteiger partial charge in [0, 0.05) is 31.1 Å². The number of aryl methyl sites for hydroxylation is 2. The maximum atomic E-state index is 5.05. The lowest BCUT2D eigenvalue weighted by Crippen LogP contribution is -2.37. The highest BCUT2D eigenvalue weighted by molar-refractivity contribution is 14.0. The van der Waals surface area contributed by atoms with E-state index in [-0.39, 0.29) is 24.0 Å². The van der Waals surface area contributed by atoms with Crippen molar-refractivity contribution >= 4 is 41.3 Å². The molecule has 0 aliphatic heterocycles. The molecule has 0 atom stereocenters. The molecule has 2 heterocycles. The van der Waals surface area contributed by atoms with E-state index in [9.17, 15) is 0 Å². The molecular formula is C13H21IN6OS. The Hall–Kier alpha value is -1.23. The summed E-state index contributed by atoms with van der Waals surface area (Å²) in [6.07, 6.45) is 3.61. The number of guanidine groups is 1. The third-order valence-electron chi connectivity index (χ3n) is 2.78. The molecule has 0 saturated heterocycles. The van der Waals surface area contributed by atoms with Crippen molar-refractivity contribution in [1.29, 1.82) is 0 Å². The first-order chi connectivity index (χ1) is 10.2. The van der Waals surface area contributed by atoms with Crippen LogP contribution < -0.4 is 10.6 Å². The van der Waals surface area contributed by atoms with Gasteiger partial charge in [-0.25, -0.2) is 4.98 Å². The maximum Gasteiger partial charge on any atom is 0.228 e. The molecular weight excluding hydrogens is 415 g/mol. The molecule has 122 valence electrons. The highest BCUT2D eigenvalue weighted by atomic mass is 127. The summed E-state index contributed by atoms with van der Waals surface area (Å²) in [4.78, 5) is 14.0. The van der Waals surface area contributed by atoms with Crippen molar-refractivity contribution in [2.24, 2.45) is 4.99 Å². The largest absolute Gasteiger partial charge is 0.356 e. The molecule has 0 saturated carbocycles. The lowest BCUT2D eigenvalue weighted by molar-refractivity contribution is 0.374. The second-order valence-corrected chi connectivity index (χ2v) is 5.61. The molecule has 2 N–H and O–H groups in total. The van der Waals surface area contributed by atoms with Gasteiger partial charge in [0.2, 0.25) is 5.89 Å². The molecule has 9 heteroatoms. The van der Waals surface area contributed by atoms with Crippen molar-refractivity contribution in [2.45, 2.75) is 33.2 Å². The Labute approximate surface area is 151 Å². The van der Waals surface area contributed by atoms with Crippen LogP contribution in [-0.2, 0) is 19.4 Å². The van der Waals surface area contributed by atoms with Gasteiger partial charge >= 0.3 is 0 Å². The first kappa shape index (κ1) is 18.8. The summed E-state index contributed by atoms with van der Waals surface area (Å²) in [7, 11) is 1.74. The van der Waals surface area contributed by atoms with Gasteiger partial charge in [-0.2, -0.15) is 4.98 Å². The molecule has 0 aliphatic carbocycles. The van der Waals surface area contributed by atoms with Gasteiger partial charge in [-0.15, -0.1) is 35.3 Å². The van der Waals surface area contributed by atoms with Crippen LogP contribution in [0.5, 0.6) is 0 Å². The number of hydrogen-bond donors (Lipinski definition) is 2. The molecule has 2 aromatic heterocycles. The average molecular weight is 436 g/mol. The molecule has 0 aromatic carbocycles. The SMILES string of the molecule is CCc1cnc(CNC(=NC)NCCc2nc(C)no2)s1.I. The van der Waals surface area contributed by atoms with Gasteiger partial charge in [0.15, 0.2) is 11.8 Å². The Morgan fingerprint density at radius 1 is 1.41 bits per heavy atom. The zero-order chi connectivity index (χ0) is 15.1. The number of nitrogens with zero attached hydrogens (tertiary/aromatic N) is 4. The second kappa shape index (κ2) is 9.72. The molecule has 2 aromatic rings. The Morgan fingerprint density at radius 3 is 2.82 bits per heavy atom. The minimum atomic E-state index is 0. The number of nitrogens with one attached hydrogen (secondary N) is 2. The minimum absolute atomic E-state index is 0. The van der Waals surface area contributed by atoms with Gasteiger partial charge in [0.1, 0.15) is 5.01 Å². The number of halogens is 1. The first-order valence-electron chi connectivity index (χ1n) is 6.88. The van der Waals surface area contributed by atoms with Crippen molar-refractivity contribution in [1.82, 2.24) is 25.8 Å². The fourth-order valence-corrected chi connectivity index (χ4v) is 2.50. The van der Waals surface area contributed by atoms with Gasteiger partial charge in [-0.05, 0) is 13.3 Å². The summed E-state index contributed by atoms with van der Waals surface area (Å²) >= 11 is 1.72. The van der Waals surface area contributed by atoms with Crippen LogP contribution in [-0.4, -0.2) is 34.7 Å². The predicted octanol–water partition coefficient (Wildman–Crippen LogP) is 1.92. The lowest BCUT2D eigenvalue weighted by atomic mass is 10.4. The summed E-state index contributed by atoms with van der Waals surface area (Å²) in [6.45, 7) is 5.29. The third kappa shape index (κ3) is 5.87. The number of aliphatic imine (C=N–C) groups is 1. The van der Waals surface area contributed by atoms with E-state index in [2.05, 4.69) is 37.7 Å². The van der Waals surface area contributed by atoms with E-state index in [1.807, 2.05) is 6.20 Å². The smallest absolute Gasteiger partial charge is 0.228 e. The first-order valence-corrected chi connectivity index (χ1v) is 7.70. The Kier molecular flexibility index (Phi) is 8.31. The topological polar surface area (TPSA) is 88.2 Å². The standard InChI is InChI=1S/C13H20N6OS.HI/c1-4-10-7-16-12(21-10)8-17-13(14-3)15-6-5-11-18-9(2)19-20-11;/h7H,4-6,8H2,1-3H3,(H2,14,15,17);1H. The second-order valence-electron chi connectivity index (χ2n) is 4.41. The number of thiazole rings is 1. The quantitative estimate of drug-likeness (QED) is 0.409. The van der Waals surface area contributed by atoms with Crippen molar-refractivity contribution in [2.75, 3.05) is 13.6 Å². The Morgan fingerprint density at radius 2 is 2.23 bits per heavy atom. The van der Waals surface area contributed by atoms with Gasteiger partial charge in [0.05, 0.1) is 6.54 Å². The molecule has 22 heavy (non-hydrogen) atoms. The van der Waals surface area contributed by atoms with Gasteiger partial charge in [0.25, 0.3) is 0 Å². The average Bonchev–Trinajstić information content (AvgIpc) is 3.11. The van der Waals surface area contributed by atoms with E-state index in [1.165, 1.54) is 4.88 Å². The molecule has 2 rings (SSSR count). The zero-order valence-corrected chi connectivity index (χ0v) is 16.1. The van der Waals surface area contributed by atoms with Crippen molar-refractivity contribution in [3.63, 3.8) is 0 Å². The molecule has 0 amide bonds. The van der Waals surface area contributed by atoms with Crippen LogP contribution in [0.3, 0.4) is 0 Å². The maximum absolute atomic E-state index is 5.05. The highest BCUT2D eigenvalue weighted by Gasteiger charge is 2.05. The van der Waals surface area contributed by atoms with Gasteiger partial charge in [-0.1, -0.05) is 12.1 Å². The third-order valence-corrected chi connectivity index (χ3v) is 3.92.